The summed E-state index contributed by atoms with van der Waals surface area (Å²) >= 11 is 11.4. The number of carboxylic acid groups (broad SMARTS) is 1. The number of carbonyl (C=O) groups excluding carboxylic acids is 1. The molecule has 3 atom stereocenters. The van der Waals surface area contributed by atoms with E-state index in [1.165, 1.54) is 0 Å². The monoisotopic (exact) mass is 252 g/mol. The Bertz CT molecular complexity index is 350. The van der Waals surface area contributed by atoms with Gasteiger partial charge in [0.2, 0.25) is 0 Å². The lowest BCUT2D eigenvalue weighted by Crippen LogP contribution is -2.42. The van der Waals surface area contributed by atoms with Crippen molar-refractivity contribution in [3.05, 3.63) is 0 Å². The fourth-order valence-corrected chi connectivity index (χ4v) is 2.75. The van der Waals surface area contributed by atoms with Gasteiger partial charge in [-0.1, -0.05) is 37.0 Å². The number of hydrogen-bond donors (Lipinski definition) is 1. The largest absolute Gasteiger partial charge is 0.479 e. The van der Waals surface area contributed by atoms with E-state index in [1.807, 2.05) is 13.8 Å². The van der Waals surface area contributed by atoms with Crippen molar-refractivity contribution >= 4 is 35.1 Å². The molecule has 0 aromatic carbocycles. The van der Waals surface area contributed by atoms with E-state index >= 15 is 0 Å². The maximum atomic E-state index is 11.4. The SMILES string of the molecule is CC1(C)C2C(=O)OC(C(Cl)(Cl)C(=O)O)C21. The van der Waals surface area contributed by atoms with Crippen LogP contribution in [0.1, 0.15) is 13.8 Å². The zero-order valence-corrected chi connectivity index (χ0v) is 9.67. The summed E-state index contributed by atoms with van der Waals surface area (Å²) in [5, 5.41) is 8.84. The number of ether oxygens (including phenoxy) is 1. The third-order valence-electron chi connectivity index (χ3n) is 3.38. The van der Waals surface area contributed by atoms with E-state index in [0.717, 1.165) is 0 Å². The van der Waals surface area contributed by atoms with Gasteiger partial charge in [-0.05, 0) is 5.41 Å². The van der Waals surface area contributed by atoms with Gasteiger partial charge >= 0.3 is 11.9 Å². The van der Waals surface area contributed by atoms with Gasteiger partial charge in [0.25, 0.3) is 4.33 Å². The van der Waals surface area contributed by atoms with Gasteiger partial charge in [-0.25, -0.2) is 4.79 Å². The van der Waals surface area contributed by atoms with Gasteiger partial charge in [0.05, 0.1) is 5.92 Å². The van der Waals surface area contributed by atoms with Crippen LogP contribution in [0.2, 0.25) is 0 Å². The molecule has 2 fully saturated rings. The fraction of sp³-hybridized carbons (Fsp3) is 0.778. The molecule has 15 heavy (non-hydrogen) atoms. The average molecular weight is 253 g/mol. The van der Waals surface area contributed by atoms with E-state index in [1.54, 1.807) is 0 Å². The number of cyclic esters (lactones) is 1. The van der Waals surface area contributed by atoms with E-state index in [0.29, 0.717) is 0 Å². The quantitative estimate of drug-likeness (QED) is 0.597. The van der Waals surface area contributed by atoms with Gasteiger partial charge in [-0.15, -0.1) is 0 Å². The van der Waals surface area contributed by atoms with Gasteiger partial charge < -0.3 is 9.84 Å². The van der Waals surface area contributed by atoms with Crippen LogP contribution in [-0.4, -0.2) is 27.5 Å². The average Bonchev–Trinajstić information content (AvgIpc) is 2.48. The predicted molar refractivity (Wildman–Crippen MR) is 52.7 cm³/mol. The molecule has 4 nitrogen and oxygen atoms in total. The van der Waals surface area contributed by atoms with Crippen LogP contribution < -0.4 is 0 Å². The van der Waals surface area contributed by atoms with Crippen LogP contribution in [0.15, 0.2) is 0 Å². The van der Waals surface area contributed by atoms with Crippen LogP contribution in [-0.2, 0) is 14.3 Å². The minimum Gasteiger partial charge on any atom is -0.479 e. The summed E-state index contributed by atoms with van der Waals surface area (Å²) in [5.74, 6) is -2.25. The molecule has 2 aliphatic rings. The van der Waals surface area contributed by atoms with Gasteiger partial charge in [0.15, 0.2) is 0 Å². The van der Waals surface area contributed by atoms with Crippen LogP contribution in [0.4, 0.5) is 0 Å². The first-order valence-corrected chi connectivity index (χ1v) is 5.28. The molecule has 0 aromatic heterocycles. The molecule has 1 saturated heterocycles. The van der Waals surface area contributed by atoms with Crippen molar-refractivity contribution in [2.75, 3.05) is 0 Å². The second-order valence-electron chi connectivity index (χ2n) is 4.61. The van der Waals surface area contributed by atoms with Crippen LogP contribution >= 0.6 is 23.2 Å². The number of esters is 1. The van der Waals surface area contributed by atoms with E-state index in [4.69, 9.17) is 33.0 Å². The molecule has 2 rings (SSSR count). The maximum absolute atomic E-state index is 11.4. The highest BCUT2D eigenvalue weighted by molar-refractivity contribution is 6.58. The number of carboxylic acids is 1. The second kappa shape index (κ2) is 2.80. The highest BCUT2D eigenvalue weighted by Crippen LogP contribution is 2.67. The molecule has 1 aliphatic heterocycles. The Morgan fingerprint density at radius 2 is 2.07 bits per heavy atom. The van der Waals surface area contributed by atoms with E-state index < -0.39 is 22.4 Å². The minimum atomic E-state index is -2.05. The van der Waals surface area contributed by atoms with E-state index in [9.17, 15) is 9.59 Å². The topological polar surface area (TPSA) is 63.6 Å². The van der Waals surface area contributed by atoms with Crippen LogP contribution in [0.5, 0.6) is 0 Å². The number of halogens is 2. The third-order valence-corrected chi connectivity index (χ3v) is 4.13. The maximum Gasteiger partial charge on any atom is 0.344 e. The Hall–Kier alpha value is -0.480. The Kier molecular flexibility index (Phi) is 2.06. The first kappa shape index (κ1) is 11.0. The van der Waals surface area contributed by atoms with Crippen LogP contribution in [0.25, 0.3) is 0 Å². The first-order chi connectivity index (χ1) is 6.70. The zero-order valence-electron chi connectivity index (χ0n) is 8.16. The van der Waals surface area contributed by atoms with Crippen molar-refractivity contribution < 1.29 is 19.4 Å². The van der Waals surface area contributed by atoms with Crippen molar-refractivity contribution in [1.82, 2.24) is 0 Å². The number of carbonyl (C=O) groups is 2. The standard InChI is InChI=1S/C9H10Cl2O4/c1-8(2)3-4(8)6(12)15-5(3)9(10,11)7(13)14/h3-5H,1-2H3,(H,13,14). The number of alkyl halides is 2. The van der Waals surface area contributed by atoms with Crippen LogP contribution in [0, 0.1) is 17.3 Å². The van der Waals surface area contributed by atoms with Crippen molar-refractivity contribution in [2.24, 2.45) is 17.3 Å². The van der Waals surface area contributed by atoms with Gasteiger partial charge in [-0.2, -0.15) is 0 Å². The summed E-state index contributed by atoms with van der Waals surface area (Å²) < 4.78 is 2.85. The molecule has 3 unspecified atom stereocenters. The zero-order chi connectivity index (χ0) is 11.6. The van der Waals surface area contributed by atoms with E-state index in [2.05, 4.69) is 0 Å². The van der Waals surface area contributed by atoms with Crippen molar-refractivity contribution in [3.63, 3.8) is 0 Å². The Labute approximate surface area is 96.5 Å². The lowest BCUT2D eigenvalue weighted by Gasteiger charge is -2.25. The van der Waals surface area contributed by atoms with Gasteiger partial charge in [-0.3, -0.25) is 4.79 Å². The highest BCUT2D eigenvalue weighted by atomic mass is 35.5. The molecule has 0 aromatic rings. The van der Waals surface area contributed by atoms with Crippen molar-refractivity contribution in [1.29, 1.82) is 0 Å². The lowest BCUT2D eigenvalue weighted by atomic mass is 10.0. The highest BCUT2D eigenvalue weighted by Gasteiger charge is 2.75. The summed E-state index contributed by atoms with van der Waals surface area (Å²) in [6.45, 7) is 3.75. The molecular formula is C9H10Cl2O4. The number of aliphatic carboxylic acids is 1. The number of rotatable bonds is 2. The minimum absolute atomic E-state index is 0.198. The van der Waals surface area contributed by atoms with Gasteiger partial charge in [0, 0.05) is 5.92 Å². The molecule has 1 aliphatic carbocycles. The third kappa shape index (κ3) is 1.27. The first-order valence-electron chi connectivity index (χ1n) is 4.52. The molecular weight excluding hydrogens is 243 g/mol. The molecule has 0 spiro atoms. The molecule has 1 saturated carbocycles. The molecule has 84 valence electrons. The van der Waals surface area contributed by atoms with Crippen molar-refractivity contribution in [3.8, 4) is 0 Å². The molecule has 1 heterocycles. The van der Waals surface area contributed by atoms with Crippen molar-refractivity contribution in [2.45, 2.75) is 24.3 Å². The molecule has 6 heteroatoms. The predicted octanol–water partition coefficient (Wildman–Crippen LogP) is 1.44. The number of hydrogen-bond acceptors (Lipinski definition) is 3. The normalized spacial score (nSPS) is 37.1. The lowest BCUT2D eigenvalue weighted by molar-refractivity contribution is -0.151. The summed E-state index contributed by atoms with van der Waals surface area (Å²) in [6, 6.07) is 0. The van der Waals surface area contributed by atoms with Crippen LogP contribution in [0.3, 0.4) is 0 Å². The fourth-order valence-electron chi connectivity index (χ4n) is 2.39. The molecule has 0 radical (unpaired) electrons. The Balaban J connectivity index is 2.28. The number of fused-ring (bicyclic) bond motifs is 1. The summed E-state index contributed by atoms with van der Waals surface area (Å²) in [7, 11) is 0. The molecule has 1 N–H and O–H groups in total. The molecule has 0 bridgehead atoms. The molecule has 0 amide bonds. The second-order valence-corrected chi connectivity index (χ2v) is 6.00. The smallest absolute Gasteiger partial charge is 0.344 e. The van der Waals surface area contributed by atoms with Gasteiger partial charge in [0.1, 0.15) is 6.10 Å². The Morgan fingerprint density at radius 3 is 2.40 bits per heavy atom. The summed E-state index contributed by atoms with van der Waals surface area (Å²) in [5.41, 5.74) is -0.259. The Morgan fingerprint density at radius 1 is 1.53 bits per heavy atom. The van der Waals surface area contributed by atoms with E-state index in [-0.39, 0.29) is 17.3 Å². The summed E-state index contributed by atoms with van der Waals surface area (Å²) in [4.78, 5) is 22.2. The summed E-state index contributed by atoms with van der Waals surface area (Å²) in [6.07, 6.45) is -0.953.